The number of aromatic nitrogens is 2. The van der Waals surface area contributed by atoms with E-state index in [0.717, 1.165) is 36.5 Å². The summed E-state index contributed by atoms with van der Waals surface area (Å²) in [5.74, 6) is 0.978. The van der Waals surface area contributed by atoms with Crippen LogP contribution in [0, 0.1) is 6.92 Å². The van der Waals surface area contributed by atoms with E-state index in [0.29, 0.717) is 29.9 Å². The van der Waals surface area contributed by atoms with Crippen molar-refractivity contribution in [3.05, 3.63) is 41.1 Å². The molecular formula is C18H22N6O. The lowest BCUT2D eigenvalue weighted by atomic mass is 10.2. The van der Waals surface area contributed by atoms with Gasteiger partial charge in [-0.2, -0.15) is 4.98 Å². The Kier molecular flexibility index (Phi) is 4.23. The summed E-state index contributed by atoms with van der Waals surface area (Å²) in [7, 11) is 0. The number of carbonyl (C=O) groups excluding carboxylic acids is 1. The van der Waals surface area contributed by atoms with Crippen LogP contribution in [-0.2, 0) is 6.54 Å². The molecular weight excluding hydrogens is 316 g/mol. The zero-order valence-corrected chi connectivity index (χ0v) is 14.2. The highest BCUT2D eigenvalue weighted by atomic mass is 16.2. The van der Waals surface area contributed by atoms with Crippen LogP contribution in [0.3, 0.4) is 0 Å². The lowest BCUT2D eigenvalue weighted by molar-refractivity contribution is 0.0966. The molecule has 25 heavy (non-hydrogen) atoms. The SMILES string of the molecule is Cc1ccccc1Nc1nc(NCC2CCCN2)nc2c1C(=O)NC2. The molecule has 4 N–H and O–H groups in total. The number of aryl methyl sites for hydroxylation is 1. The number of anilines is 3. The van der Waals surface area contributed by atoms with Gasteiger partial charge in [-0.15, -0.1) is 0 Å². The summed E-state index contributed by atoms with van der Waals surface area (Å²) < 4.78 is 0. The van der Waals surface area contributed by atoms with Crippen molar-refractivity contribution < 1.29 is 4.79 Å². The predicted molar refractivity (Wildman–Crippen MR) is 97.2 cm³/mol. The van der Waals surface area contributed by atoms with Crippen molar-refractivity contribution in [2.24, 2.45) is 0 Å². The normalized spacial score (nSPS) is 18.8. The Morgan fingerprint density at radius 1 is 1.28 bits per heavy atom. The molecule has 4 rings (SSSR count). The van der Waals surface area contributed by atoms with E-state index >= 15 is 0 Å². The quantitative estimate of drug-likeness (QED) is 0.666. The largest absolute Gasteiger partial charge is 0.353 e. The van der Waals surface area contributed by atoms with E-state index in [4.69, 9.17) is 0 Å². The lowest BCUT2D eigenvalue weighted by Gasteiger charge is -2.15. The number of fused-ring (bicyclic) bond motifs is 1. The molecule has 2 aliphatic heterocycles. The van der Waals surface area contributed by atoms with Crippen molar-refractivity contribution in [2.75, 3.05) is 23.7 Å². The minimum absolute atomic E-state index is 0.130. The number of hydrogen-bond acceptors (Lipinski definition) is 6. The van der Waals surface area contributed by atoms with Crippen molar-refractivity contribution in [3.8, 4) is 0 Å². The van der Waals surface area contributed by atoms with Crippen LogP contribution in [0.1, 0.15) is 34.5 Å². The van der Waals surface area contributed by atoms with Crippen LogP contribution in [0.25, 0.3) is 0 Å². The first kappa shape index (κ1) is 15.8. The highest BCUT2D eigenvalue weighted by molar-refractivity contribution is 6.03. The number of nitrogens with one attached hydrogen (secondary N) is 4. The Morgan fingerprint density at radius 2 is 2.16 bits per heavy atom. The number of nitrogens with zero attached hydrogens (tertiary/aromatic N) is 2. The van der Waals surface area contributed by atoms with Gasteiger partial charge < -0.3 is 21.3 Å². The van der Waals surface area contributed by atoms with E-state index in [-0.39, 0.29) is 5.91 Å². The number of benzene rings is 1. The van der Waals surface area contributed by atoms with E-state index in [1.807, 2.05) is 31.2 Å². The van der Waals surface area contributed by atoms with Gasteiger partial charge in [-0.25, -0.2) is 4.98 Å². The zero-order valence-electron chi connectivity index (χ0n) is 14.2. The van der Waals surface area contributed by atoms with E-state index in [1.54, 1.807) is 0 Å². The van der Waals surface area contributed by atoms with Crippen molar-refractivity contribution in [1.82, 2.24) is 20.6 Å². The van der Waals surface area contributed by atoms with E-state index in [1.165, 1.54) is 6.42 Å². The molecule has 7 heteroatoms. The zero-order chi connectivity index (χ0) is 17.2. The van der Waals surface area contributed by atoms with Gasteiger partial charge in [0.1, 0.15) is 11.4 Å². The highest BCUT2D eigenvalue weighted by Gasteiger charge is 2.27. The fourth-order valence-electron chi connectivity index (χ4n) is 3.28. The first-order chi connectivity index (χ1) is 12.2. The van der Waals surface area contributed by atoms with Gasteiger partial charge in [-0.05, 0) is 37.9 Å². The monoisotopic (exact) mass is 338 g/mol. The standard InChI is InChI=1S/C18H22N6O/c1-11-5-2-3-7-13(11)22-16-15-14(10-20-17(15)25)23-18(24-16)21-9-12-6-4-8-19-12/h2-3,5,7,12,19H,4,6,8-10H2,1H3,(H,20,25)(H2,21,22,23,24). The Hall–Kier alpha value is -2.67. The van der Waals surface area contributed by atoms with Gasteiger partial charge in [0.05, 0.1) is 12.2 Å². The van der Waals surface area contributed by atoms with Crippen molar-refractivity contribution in [1.29, 1.82) is 0 Å². The van der Waals surface area contributed by atoms with E-state index in [2.05, 4.69) is 31.2 Å². The number of para-hydroxylation sites is 1. The maximum atomic E-state index is 12.2. The number of carbonyl (C=O) groups is 1. The molecule has 2 aromatic rings. The molecule has 2 aliphatic rings. The minimum atomic E-state index is -0.130. The summed E-state index contributed by atoms with van der Waals surface area (Å²) in [6, 6.07) is 8.39. The third kappa shape index (κ3) is 3.28. The van der Waals surface area contributed by atoms with Gasteiger partial charge in [0, 0.05) is 18.3 Å². The van der Waals surface area contributed by atoms with Crippen LogP contribution in [-0.4, -0.2) is 35.0 Å². The third-order valence-electron chi connectivity index (χ3n) is 4.69. The van der Waals surface area contributed by atoms with Gasteiger partial charge >= 0.3 is 0 Å². The van der Waals surface area contributed by atoms with Crippen LogP contribution >= 0.6 is 0 Å². The molecule has 1 aromatic heterocycles. The van der Waals surface area contributed by atoms with Crippen molar-refractivity contribution >= 4 is 23.4 Å². The molecule has 1 aromatic carbocycles. The van der Waals surface area contributed by atoms with Crippen LogP contribution in [0.4, 0.5) is 17.5 Å². The Labute approximate surface area is 146 Å². The second-order valence-corrected chi connectivity index (χ2v) is 6.51. The first-order valence-electron chi connectivity index (χ1n) is 8.70. The Balaban J connectivity index is 1.62. The predicted octanol–water partition coefficient (Wildman–Crippen LogP) is 1.94. The van der Waals surface area contributed by atoms with E-state index in [9.17, 15) is 4.79 Å². The van der Waals surface area contributed by atoms with Gasteiger partial charge in [0.2, 0.25) is 5.95 Å². The summed E-state index contributed by atoms with van der Waals surface area (Å²) >= 11 is 0. The summed E-state index contributed by atoms with van der Waals surface area (Å²) in [5.41, 5.74) is 3.30. The molecule has 1 saturated heterocycles. The van der Waals surface area contributed by atoms with Crippen molar-refractivity contribution in [2.45, 2.75) is 32.4 Å². The summed E-state index contributed by atoms with van der Waals surface area (Å²) in [6.07, 6.45) is 2.36. The molecule has 130 valence electrons. The van der Waals surface area contributed by atoms with Gasteiger partial charge in [0.15, 0.2) is 0 Å². The summed E-state index contributed by atoms with van der Waals surface area (Å²) in [6.45, 7) is 4.31. The maximum Gasteiger partial charge on any atom is 0.257 e. The molecule has 0 bridgehead atoms. The van der Waals surface area contributed by atoms with Gasteiger partial charge in [-0.3, -0.25) is 4.79 Å². The second kappa shape index (κ2) is 6.68. The smallest absolute Gasteiger partial charge is 0.257 e. The molecule has 7 nitrogen and oxygen atoms in total. The Bertz CT molecular complexity index is 800. The maximum absolute atomic E-state index is 12.2. The van der Waals surface area contributed by atoms with Crippen LogP contribution < -0.4 is 21.3 Å². The van der Waals surface area contributed by atoms with Crippen LogP contribution in [0.5, 0.6) is 0 Å². The molecule has 0 radical (unpaired) electrons. The molecule has 0 saturated carbocycles. The molecule has 1 fully saturated rings. The fourth-order valence-corrected chi connectivity index (χ4v) is 3.28. The first-order valence-corrected chi connectivity index (χ1v) is 8.70. The van der Waals surface area contributed by atoms with E-state index < -0.39 is 0 Å². The fraction of sp³-hybridized carbons (Fsp3) is 0.389. The molecule has 1 amide bonds. The molecule has 1 unspecified atom stereocenters. The topological polar surface area (TPSA) is 91.0 Å². The summed E-state index contributed by atoms with van der Waals surface area (Å²) in [5, 5.41) is 12.9. The Morgan fingerprint density at radius 3 is 2.96 bits per heavy atom. The van der Waals surface area contributed by atoms with Crippen LogP contribution in [0.2, 0.25) is 0 Å². The molecule has 0 aliphatic carbocycles. The average Bonchev–Trinajstić information content (AvgIpc) is 3.25. The van der Waals surface area contributed by atoms with Gasteiger partial charge in [-0.1, -0.05) is 18.2 Å². The lowest BCUT2D eigenvalue weighted by Crippen LogP contribution is -2.30. The number of amides is 1. The molecule has 1 atom stereocenters. The minimum Gasteiger partial charge on any atom is -0.353 e. The number of hydrogen-bond donors (Lipinski definition) is 4. The van der Waals surface area contributed by atoms with Crippen LogP contribution in [0.15, 0.2) is 24.3 Å². The third-order valence-corrected chi connectivity index (χ3v) is 4.69. The average molecular weight is 338 g/mol. The summed E-state index contributed by atoms with van der Waals surface area (Å²) in [4.78, 5) is 21.3. The molecule has 3 heterocycles. The highest BCUT2D eigenvalue weighted by Crippen LogP contribution is 2.27. The van der Waals surface area contributed by atoms with Crippen molar-refractivity contribution in [3.63, 3.8) is 0 Å². The van der Waals surface area contributed by atoms with Gasteiger partial charge in [0.25, 0.3) is 5.91 Å². The number of rotatable bonds is 5. The second-order valence-electron chi connectivity index (χ2n) is 6.51. The molecule has 0 spiro atoms.